The molecular formula is C16H19N3O2. The van der Waals surface area contributed by atoms with E-state index in [1.807, 2.05) is 41.3 Å². The normalized spacial score (nSPS) is 12.5. The van der Waals surface area contributed by atoms with Gasteiger partial charge in [-0.2, -0.15) is 5.10 Å². The highest BCUT2D eigenvalue weighted by Gasteiger charge is 2.14. The third kappa shape index (κ3) is 2.59. The lowest BCUT2D eigenvalue weighted by atomic mass is 10.2. The molecule has 0 aliphatic rings. The monoisotopic (exact) mass is 285 g/mol. The van der Waals surface area contributed by atoms with Crippen LogP contribution in [0.2, 0.25) is 0 Å². The highest BCUT2D eigenvalue weighted by Crippen LogP contribution is 2.31. The zero-order valence-electron chi connectivity index (χ0n) is 12.5. The second-order valence-corrected chi connectivity index (χ2v) is 4.98. The Labute approximate surface area is 123 Å². The van der Waals surface area contributed by atoms with Crippen molar-refractivity contribution in [1.82, 2.24) is 9.78 Å². The van der Waals surface area contributed by atoms with Crippen molar-refractivity contribution < 1.29 is 9.15 Å². The molecule has 0 saturated heterocycles. The average molecular weight is 285 g/mol. The van der Waals surface area contributed by atoms with Gasteiger partial charge in [-0.1, -0.05) is 12.1 Å². The number of hydrogen-bond acceptors (Lipinski definition) is 4. The van der Waals surface area contributed by atoms with Gasteiger partial charge in [0, 0.05) is 18.1 Å². The number of benzene rings is 1. The molecular weight excluding hydrogens is 266 g/mol. The zero-order chi connectivity index (χ0) is 14.8. The van der Waals surface area contributed by atoms with Gasteiger partial charge in [-0.25, -0.2) is 0 Å². The summed E-state index contributed by atoms with van der Waals surface area (Å²) in [6.45, 7) is 4.98. The number of rotatable bonds is 5. The molecule has 3 rings (SSSR count). The molecule has 2 heterocycles. The maximum absolute atomic E-state index is 5.94. The summed E-state index contributed by atoms with van der Waals surface area (Å²) >= 11 is 0. The van der Waals surface area contributed by atoms with Crippen LogP contribution in [0.5, 0.6) is 5.75 Å². The Balaban J connectivity index is 1.85. The molecule has 0 aliphatic heterocycles. The van der Waals surface area contributed by atoms with Crippen molar-refractivity contribution >= 4 is 16.7 Å². The maximum Gasteiger partial charge on any atom is 0.176 e. The Morgan fingerprint density at radius 1 is 1.43 bits per heavy atom. The van der Waals surface area contributed by atoms with E-state index in [-0.39, 0.29) is 6.04 Å². The molecule has 0 aliphatic carbocycles. The first-order valence-electron chi connectivity index (χ1n) is 7.06. The molecule has 0 bridgehead atoms. The van der Waals surface area contributed by atoms with Crippen molar-refractivity contribution in [1.29, 1.82) is 0 Å². The quantitative estimate of drug-likeness (QED) is 0.774. The summed E-state index contributed by atoms with van der Waals surface area (Å²) in [7, 11) is 1.65. The molecule has 0 amide bonds. The van der Waals surface area contributed by atoms with Crippen LogP contribution >= 0.6 is 0 Å². The smallest absolute Gasteiger partial charge is 0.176 e. The van der Waals surface area contributed by atoms with E-state index >= 15 is 0 Å². The molecule has 5 heteroatoms. The van der Waals surface area contributed by atoms with Gasteiger partial charge in [0.2, 0.25) is 0 Å². The minimum absolute atomic E-state index is 0.0524. The highest BCUT2D eigenvalue weighted by atomic mass is 16.5. The van der Waals surface area contributed by atoms with E-state index in [0.717, 1.165) is 34.7 Å². The minimum atomic E-state index is 0.0524. The van der Waals surface area contributed by atoms with E-state index in [2.05, 4.69) is 24.3 Å². The van der Waals surface area contributed by atoms with E-state index in [9.17, 15) is 0 Å². The number of furan rings is 1. The predicted molar refractivity (Wildman–Crippen MR) is 82.7 cm³/mol. The van der Waals surface area contributed by atoms with Crippen molar-refractivity contribution in [2.75, 3.05) is 12.4 Å². The summed E-state index contributed by atoms with van der Waals surface area (Å²) in [6, 6.07) is 7.98. The van der Waals surface area contributed by atoms with E-state index in [4.69, 9.17) is 9.15 Å². The van der Waals surface area contributed by atoms with E-state index in [1.165, 1.54) is 0 Å². The number of nitrogens with one attached hydrogen (secondary N) is 1. The fraction of sp³-hybridized carbons (Fsp3) is 0.312. The van der Waals surface area contributed by atoms with E-state index in [0.29, 0.717) is 0 Å². The Morgan fingerprint density at radius 3 is 3.00 bits per heavy atom. The summed E-state index contributed by atoms with van der Waals surface area (Å²) in [5, 5.41) is 8.69. The first kappa shape index (κ1) is 13.5. The van der Waals surface area contributed by atoms with Gasteiger partial charge in [-0.15, -0.1) is 0 Å². The third-order valence-electron chi connectivity index (χ3n) is 3.51. The molecule has 0 fully saturated rings. The third-order valence-corrected chi connectivity index (χ3v) is 3.51. The number of ether oxygens (including phenoxy) is 1. The number of aromatic nitrogens is 2. The van der Waals surface area contributed by atoms with Gasteiger partial charge in [0.15, 0.2) is 11.3 Å². The van der Waals surface area contributed by atoms with Gasteiger partial charge in [0.25, 0.3) is 0 Å². The van der Waals surface area contributed by atoms with Gasteiger partial charge < -0.3 is 14.5 Å². The van der Waals surface area contributed by atoms with Crippen LogP contribution in [0.15, 0.2) is 41.1 Å². The van der Waals surface area contributed by atoms with Crippen LogP contribution in [0.1, 0.15) is 25.6 Å². The van der Waals surface area contributed by atoms with Crippen LogP contribution in [0.25, 0.3) is 11.0 Å². The summed E-state index contributed by atoms with van der Waals surface area (Å²) < 4.78 is 13.2. The Morgan fingerprint density at radius 2 is 2.29 bits per heavy atom. The molecule has 5 nitrogen and oxygen atoms in total. The Kier molecular flexibility index (Phi) is 3.56. The van der Waals surface area contributed by atoms with E-state index < -0.39 is 0 Å². The number of fused-ring (bicyclic) bond motifs is 1. The molecule has 1 atom stereocenters. The Hall–Kier alpha value is -2.43. The van der Waals surface area contributed by atoms with Crippen LogP contribution < -0.4 is 10.1 Å². The Bertz CT molecular complexity index is 745. The minimum Gasteiger partial charge on any atom is -0.493 e. The van der Waals surface area contributed by atoms with Gasteiger partial charge in [0.05, 0.1) is 25.0 Å². The largest absolute Gasteiger partial charge is 0.493 e. The standard InChI is InChI=1S/C16H19N3O2/c1-4-19-10-13(9-17-19)18-11(2)15-8-12-6-5-7-14(20-3)16(12)21-15/h5-11,18H,4H2,1-3H3. The van der Waals surface area contributed by atoms with Gasteiger partial charge >= 0.3 is 0 Å². The first-order valence-corrected chi connectivity index (χ1v) is 7.06. The first-order chi connectivity index (χ1) is 10.2. The molecule has 1 N–H and O–H groups in total. The fourth-order valence-corrected chi connectivity index (χ4v) is 2.36. The lowest BCUT2D eigenvalue weighted by Gasteiger charge is -2.10. The van der Waals surface area contributed by atoms with Crippen molar-refractivity contribution in [3.63, 3.8) is 0 Å². The topological polar surface area (TPSA) is 52.2 Å². The van der Waals surface area contributed by atoms with Gasteiger partial charge in [-0.3, -0.25) is 4.68 Å². The molecule has 1 aromatic carbocycles. The van der Waals surface area contributed by atoms with Gasteiger partial charge in [-0.05, 0) is 26.0 Å². The number of hydrogen-bond donors (Lipinski definition) is 1. The molecule has 3 aromatic rings. The van der Waals surface area contributed by atoms with Crippen LogP contribution in [0, 0.1) is 0 Å². The second-order valence-electron chi connectivity index (χ2n) is 4.98. The van der Waals surface area contributed by atoms with Crippen LogP contribution in [-0.2, 0) is 6.54 Å². The van der Waals surface area contributed by atoms with Crippen LogP contribution in [0.3, 0.4) is 0 Å². The lowest BCUT2D eigenvalue weighted by molar-refractivity contribution is 0.406. The van der Waals surface area contributed by atoms with Crippen molar-refractivity contribution in [3.05, 3.63) is 42.4 Å². The SMILES string of the molecule is CCn1cc(NC(C)c2cc3cccc(OC)c3o2)cn1. The van der Waals surface area contributed by atoms with Crippen molar-refractivity contribution in [3.8, 4) is 5.75 Å². The maximum atomic E-state index is 5.94. The summed E-state index contributed by atoms with van der Waals surface area (Å²) in [4.78, 5) is 0. The van der Waals surface area contributed by atoms with Crippen molar-refractivity contribution in [2.24, 2.45) is 0 Å². The molecule has 2 aromatic heterocycles. The van der Waals surface area contributed by atoms with Crippen molar-refractivity contribution in [2.45, 2.75) is 26.4 Å². The molecule has 0 radical (unpaired) electrons. The van der Waals surface area contributed by atoms with E-state index in [1.54, 1.807) is 7.11 Å². The molecule has 0 spiro atoms. The number of aryl methyl sites for hydroxylation is 1. The fourth-order valence-electron chi connectivity index (χ4n) is 2.36. The van der Waals surface area contributed by atoms with Crippen LogP contribution in [-0.4, -0.2) is 16.9 Å². The molecule has 1 unspecified atom stereocenters. The van der Waals surface area contributed by atoms with Gasteiger partial charge in [0.1, 0.15) is 5.76 Å². The zero-order valence-corrected chi connectivity index (χ0v) is 12.5. The average Bonchev–Trinajstić information content (AvgIpc) is 3.12. The van der Waals surface area contributed by atoms with Crippen LogP contribution in [0.4, 0.5) is 5.69 Å². The second kappa shape index (κ2) is 5.52. The highest BCUT2D eigenvalue weighted by molar-refractivity contribution is 5.83. The number of methoxy groups -OCH3 is 1. The molecule has 110 valence electrons. The summed E-state index contributed by atoms with van der Waals surface area (Å²) in [5.41, 5.74) is 1.77. The molecule has 0 saturated carbocycles. The summed E-state index contributed by atoms with van der Waals surface area (Å²) in [5.74, 6) is 1.63. The summed E-state index contributed by atoms with van der Waals surface area (Å²) in [6.07, 6.45) is 3.81. The number of nitrogens with zero attached hydrogens (tertiary/aromatic N) is 2. The molecule has 21 heavy (non-hydrogen) atoms. The predicted octanol–water partition coefficient (Wildman–Crippen LogP) is 3.83. The number of para-hydroxylation sites is 1. The number of anilines is 1. The lowest BCUT2D eigenvalue weighted by Crippen LogP contribution is -2.04.